The van der Waals surface area contributed by atoms with Crippen LogP contribution in [0.25, 0.3) is 0 Å². The van der Waals surface area contributed by atoms with Gasteiger partial charge in [-0.15, -0.1) is 0 Å². The van der Waals surface area contributed by atoms with Crippen LogP contribution in [0.3, 0.4) is 0 Å². The first kappa shape index (κ1) is 19.8. The van der Waals surface area contributed by atoms with Gasteiger partial charge in [0.25, 0.3) is 10.0 Å². The number of hydrogen-bond acceptors (Lipinski definition) is 4. The van der Waals surface area contributed by atoms with Crippen LogP contribution >= 0.6 is 34.8 Å². The SMILES string of the molecule is CCOC(=O)CN(c1cccc(Cl)c1)S(=O)(=O)c1ccc(Cl)c(Cl)c1. The molecule has 25 heavy (non-hydrogen) atoms. The lowest BCUT2D eigenvalue weighted by molar-refractivity contribution is -0.141. The molecule has 0 fully saturated rings. The number of hydrogen-bond donors (Lipinski definition) is 0. The average Bonchev–Trinajstić information content (AvgIpc) is 2.55. The van der Waals surface area contributed by atoms with Crippen molar-refractivity contribution < 1.29 is 17.9 Å². The molecule has 2 aromatic carbocycles. The molecule has 2 aromatic rings. The minimum atomic E-state index is -4.09. The Bertz CT molecular complexity index is 887. The molecule has 0 aromatic heterocycles. The molecule has 0 spiro atoms. The number of ether oxygens (including phenoxy) is 1. The third-order valence-corrected chi connectivity index (χ3v) is 5.90. The lowest BCUT2D eigenvalue weighted by Crippen LogP contribution is -2.36. The van der Waals surface area contributed by atoms with E-state index in [1.165, 1.54) is 30.3 Å². The average molecular weight is 423 g/mol. The molecule has 0 aliphatic rings. The van der Waals surface area contributed by atoms with Gasteiger partial charge in [-0.05, 0) is 43.3 Å². The number of carbonyl (C=O) groups is 1. The van der Waals surface area contributed by atoms with Crippen molar-refractivity contribution in [2.24, 2.45) is 0 Å². The molecule has 0 unspecified atom stereocenters. The van der Waals surface area contributed by atoms with Gasteiger partial charge in [0.1, 0.15) is 6.54 Å². The number of benzene rings is 2. The van der Waals surface area contributed by atoms with Crippen molar-refractivity contribution in [2.75, 3.05) is 17.5 Å². The minimum Gasteiger partial charge on any atom is -0.465 e. The largest absolute Gasteiger partial charge is 0.465 e. The molecule has 0 N–H and O–H groups in total. The fourth-order valence-corrected chi connectivity index (χ4v) is 4.01. The van der Waals surface area contributed by atoms with E-state index in [1.807, 2.05) is 0 Å². The van der Waals surface area contributed by atoms with Crippen LogP contribution in [0.15, 0.2) is 47.4 Å². The quantitative estimate of drug-likeness (QED) is 0.647. The maximum atomic E-state index is 13.0. The summed E-state index contributed by atoms with van der Waals surface area (Å²) in [6.45, 7) is 1.26. The second kappa shape index (κ2) is 8.27. The second-order valence-corrected chi connectivity index (χ2v) is 7.99. The van der Waals surface area contributed by atoms with Gasteiger partial charge in [-0.2, -0.15) is 0 Å². The Kier molecular flexibility index (Phi) is 6.57. The molecule has 0 aliphatic heterocycles. The Morgan fingerprint density at radius 2 is 1.80 bits per heavy atom. The molecule has 9 heteroatoms. The van der Waals surface area contributed by atoms with Crippen LogP contribution in [0.4, 0.5) is 5.69 Å². The van der Waals surface area contributed by atoms with Gasteiger partial charge in [-0.25, -0.2) is 8.42 Å². The minimum absolute atomic E-state index is 0.0879. The van der Waals surface area contributed by atoms with E-state index in [9.17, 15) is 13.2 Å². The van der Waals surface area contributed by atoms with Gasteiger partial charge in [0.15, 0.2) is 0 Å². The highest BCUT2D eigenvalue weighted by Crippen LogP contribution is 2.30. The zero-order valence-corrected chi connectivity index (χ0v) is 16.2. The van der Waals surface area contributed by atoms with Crippen molar-refractivity contribution in [2.45, 2.75) is 11.8 Å². The highest BCUT2D eigenvalue weighted by atomic mass is 35.5. The van der Waals surface area contributed by atoms with E-state index in [0.717, 1.165) is 4.31 Å². The van der Waals surface area contributed by atoms with Gasteiger partial charge in [0, 0.05) is 5.02 Å². The van der Waals surface area contributed by atoms with Crippen molar-refractivity contribution >= 4 is 56.5 Å². The molecule has 134 valence electrons. The van der Waals surface area contributed by atoms with Crippen LogP contribution in [0.2, 0.25) is 15.1 Å². The maximum absolute atomic E-state index is 13.0. The Hall–Kier alpha value is -1.47. The molecule has 0 saturated heterocycles. The van der Waals surface area contributed by atoms with Crippen molar-refractivity contribution in [3.05, 3.63) is 57.5 Å². The maximum Gasteiger partial charge on any atom is 0.326 e. The lowest BCUT2D eigenvalue weighted by Gasteiger charge is -2.24. The van der Waals surface area contributed by atoms with E-state index in [0.29, 0.717) is 5.02 Å². The van der Waals surface area contributed by atoms with Crippen molar-refractivity contribution in [1.82, 2.24) is 0 Å². The highest BCUT2D eigenvalue weighted by Gasteiger charge is 2.28. The Balaban J connectivity index is 2.52. The summed E-state index contributed by atoms with van der Waals surface area (Å²) >= 11 is 17.7. The number of halogens is 3. The van der Waals surface area contributed by atoms with Crippen LogP contribution in [0.1, 0.15) is 6.92 Å². The third-order valence-electron chi connectivity index (χ3n) is 3.15. The predicted octanol–water partition coefficient (Wildman–Crippen LogP) is 4.41. The summed E-state index contributed by atoms with van der Waals surface area (Å²) in [6, 6.07) is 10.1. The monoisotopic (exact) mass is 421 g/mol. The summed E-state index contributed by atoms with van der Waals surface area (Å²) in [5, 5.41) is 0.640. The molecule has 5 nitrogen and oxygen atoms in total. The molecule has 2 rings (SSSR count). The summed E-state index contributed by atoms with van der Waals surface area (Å²) in [4.78, 5) is 11.8. The van der Waals surface area contributed by atoms with Crippen LogP contribution in [0.5, 0.6) is 0 Å². The summed E-state index contributed by atoms with van der Waals surface area (Å²) in [5.41, 5.74) is 0.228. The van der Waals surface area contributed by atoms with E-state index < -0.39 is 22.5 Å². The van der Waals surface area contributed by atoms with E-state index in [1.54, 1.807) is 19.1 Å². The third kappa shape index (κ3) is 4.79. The normalized spacial score (nSPS) is 11.2. The molecule has 0 amide bonds. The first-order valence-corrected chi connectivity index (χ1v) is 9.72. The first-order valence-electron chi connectivity index (χ1n) is 7.14. The summed E-state index contributed by atoms with van der Waals surface area (Å²) in [7, 11) is -4.09. The van der Waals surface area contributed by atoms with Crippen LogP contribution < -0.4 is 4.31 Å². The standard InChI is InChI=1S/C16H14Cl3NO4S/c1-2-24-16(21)10-20(12-5-3-4-11(17)8-12)25(22,23)13-6-7-14(18)15(19)9-13/h3-9H,2,10H2,1H3. The Morgan fingerprint density at radius 1 is 1.08 bits per heavy atom. The molecule has 0 radical (unpaired) electrons. The van der Waals surface area contributed by atoms with Crippen LogP contribution in [0, 0.1) is 0 Å². The topological polar surface area (TPSA) is 63.7 Å². The van der Waals surface area contributed by atoms with Gasteiger partial charge in [-0.1, -0.05) is 40.9 Å². The molecule has 0 heterocycles. The number of anilines is 1. The van der Waals surface area contributed by atoms with Gasteiger partial charge in [0.2, 0.25) is 0 Å². The van der Waals surface area contributed by atoms with E-state index in [2.05, 4.69) is 0 Å². The molecule has 0 bridgehead atoms. The Labute approximate surface area is 161 Å². The van der Waals surface area contributed by atoms with Crippen molar-refractivity contribution in [1.29, 1.82) is 0 Å². The zero-order valence-electron chi connectivity index (χ0n) is 13.1. The predicted molar refractivity (Wildman–Crippen MR) is 99.1 cm³/mol. The van der Waals surface area contributed by atoms with Gasteiger partial charge >= 0.3 is 5.97 Å². The lowest BCUT2D eigenvalue weighted by atomic mass is 10.3. The fourth-order valence-electron chi connectivity index (χ4n) is 2.03. The smallest absolute Gasteiger partial charge is 0.326 e. The van der Waals surface area contributed by atoms with Crippen molar-refractivity contribution in [3.8, 4) is 0 Å². The number of rotatable bonds is 6. The number of carbonyl (C=O) groups excluding carboxylic acids is 1. The van der Waals surface area contributed by atoms with Gasteiger partial charge in [-0.3, -0.25) is 9.10 Å². The zero-order chi connectivity index (χ0) is 18.6. The highest BCUT2D eigenvalue weighted by molar-refractivity contribution is 7.92. The summed E-state index contributed by atoms with van der Waals surface area (Å²) in [5.74, 6) is -0.689. The van der Waals surface area contributed by atoms with E-state index >= 15 is 0 Å². The molecular weight excluding hydrogens is 409 g/mol. The number of esters is 1. The molecule has 0 aliphatic carbocycles. The van der Waals surface area contributed by atoms with Crippen LogP contribution in [-0.2, 0) is 19.6 Å². The Morgan fingerprint density at radius 3 is 2.40 bits per heavy atom. The molecular formula is C16H14Cl3NO4S. The second-order valence-electron chi connectivity index (χ2n) is 4.87. The first-order chi connectivity index (χ1) is 11.8. The molecule has 0 saturated carbocycles. The number of nitrogens with zero attached hydrogens (tertiary/aromatic N) is 1. The summed E-state index contributed by atoms with van der Waals surface area (Å²) in [6.07, 6.45) is 0. The molecule has 0 atom stereocenters. The van der Waals surface area contributed by atoms with E-state index in [-0.39, 0.29) is 27.2 Å². The van der Waals surface area contributed by atoms with Crippen LogP contribution in [-0.4, -0.2) is 27.5 Å². The summed E-state index contributed by atoms with van der Waals surface area (Å²) < 4.78 is 31.8. The van der Waals surface area contributed by atoms with E-state index in [4.69, 9.17) is 39.5 Å². The van der Waals surface area contributed by atoms with Gasteiger partial charge in [0.05, 0.1) is 27.2 Å². The van der Waals surface area contributed by atoms with Crippen molar-refractivity contribution in [3.63, 3.8) is 0 Å². The van der Waals surface area contributed by atoms with Gasteiger partial charge < -0.3 is 4.74 Å². The number of sulfonamides is 1. The fraction of sp³-hybridized carbons (Fsp3) is 0.188.